The van der Waals surface area contributed by atoms with E-state index >= 15 is 0 Å². The maximum atomic E-state index is 13.5. The molecule has 0 N–H and O–H groups in total. The highest BCUT2D eigenvalue weighted by atomic mass is 35.5. The SMILES string of the molecule is COc1ccc(CN(c2ccccc2)S(=O)(=O)c2ccc(F)c(Cl)c2)cc1OC. The Bertz CT molecular complexity index is 1110. The van der Waals surface area contributed by atoms with Gasteiger partial charge in [-0.3, -0.25) is 4.31 Å². The van der Waals surface area contributed by atoms with Crippen molar-refractivity contribution in [3.63, 3.8) is 0 Å². The van der Waals surface area contributed by atoms with Gasteiger partial charge in [0.25, 0.3) is 10.0 Å². The standard InChI is InChI=1S/C21H19ClFNO4S/c1-27-20-11-8-15(12-21(20)28-2)14-24(16-6-4-3-5-7-16)29(25,26)17-9-10-19(23)18(22)13-17/h3-13H,14H2,1-2H3. The first-order valence-electron chi connectivity index (χ1n) is 8.60. The van der Waals surface area contributed by atoms with Crippen LogP contribution in [0.3, 0.4) is 0 Å². The Morgan fingerprint density at radius 3 is 2.24 bits per heavy atom. The molecule has 0 fully saturated rings. The van der Waals surface area contributed by atoms with Crippen LogP contribution >= 0.6 is 11.6 Å². The van der Waals surface area contributed by atoms with Gasteiger partial charge in [-0.1, -0.05) is 35.9 Å². The normalized spacial score (nSPS) is 11.2. The first-order chi connectivity index (χ1) is 13.9. The van der Waals surface area contributed by atoms with E-state index in [2.05, 4.69) is 0 Å². The second kappa shape index (κ2) is 8.71. The summed E-state index contributed by atoms with van der Waals surface area (Å²) < 4.78 is 52.1. The third-order valence-electron chi connectivity index (χ3n) is 4.30. The fourth-order valence-corrected chi connectivity index (χ4v) is 4.54. The Balaban J connectivity index is 2.07. The van der Waals surface area contributed by atoms with Crippen molar-refractivity contribution in [2.75, 3.05) is 18.5 Å². The molecule has 8 heteroatoms. The summed E-state index contributed by atoms with van der Waals surface area (Å²) in [6.45, 7) is 0.0295. The van der Waals surface area contributed by atoms with E-state index in [1.165, 1.54) is 24.6 Å². The van der Waals surface area contributed by atoms with Crippen molar-refractivity contribution in [3.8, 4) is 11.5 Å². The van der Waals surface area contributed by atoms with E-state index in [9.17, 15) is 12.8 Å². The predicted octanol–water partition coefficient (Wildman–Crippen LogP) is 4.89. The van der Waals surface area contributed by atoms with Crippen LogP contribution in [0.2, 0.25) is 5.02 Å². The van der Waals surface area contributed by atoms with E-state index in [4.69, 9.17) is 21.1 Å². The summed E-state index contributed by atoms with van der Waals surface area (Å²) in [6, 6.07) is 17.2. The molecule has 5 nitrogen and oxygen atoms in total. The lowest BCUT2D eigenvalue weighted by atomic mass is 10.2. The summed E-state index contributed by atoms with van der Waals surface area (Å²) in [6.07, 6.45) is 0. The largest absolute Gasteiger partial charge is 0.493 e. The van der Waals surface area contributed by atoms with Crippen molar-refractivity contribution < 1.29 is 22.3 Å². The molecule has 152 valence electrons. The molecular weight excluding hydrogens is 417 g/mol. The molecule has 0 aliphatic heterocycles. The molecule has 0 aliphatic rings. The summed E-state index contributed by atoms with van der Waals surface area (Å²) in [5.41, 5.74) is 1.14. The summed E-state index contributed by atoms with van der Waals surface area (Å²) in [4.78, 5) is -0.103. The molecule has 29 heavy (non-hydrogen) atoms. The first kappa shape index (κ1) is 21.0. The van der Waals surface area contributed by atoms with Crippen LogP contribution in [-0.2, 0) is 16.6 Å². The highest BCUT2D eigenvalue weighted by Gasteiger charge is 2.26. The monoisotopic (exact) mass is 435 g/mol. The average molecular weight is 436 g/mol. The van der Waals surface area contributed by atoms with E-state index in [1.807, 2.05) is 0 Å². The molecule has 0 saturated carbocycles. The number of nitrogens with zero attached hydrogens (tertiary/aromatic N) is 1. The van der Waals surface area contributed by atoms with Gasteiger partial charge in [0.2, 0.25) is 0 Å². The van der Waals surface area contributed by atoms with Crippen LogP contribution in [0.5, 0.6) is 11.5 Å². The van der Waals surface area contributed by atoms with Crippen molar-refractivity contribution >= 4 is 27.3 Å². The number of sulfonamides is 1. The van der Waals surface area contributed by atoms with Gasteiger partial charge in [-0.15, -0.1) is 0 Å². The highest BCUT2D eigenvalue weighted by Crippen LogP contribution is 2.31. The number of hydrogen-bond donors (Lipinski definition) is 0. The molecule has 0 atom stereocenters. The Hall–Kier alpha value is -2.77. The molecule has 3 rings (SSSR count). The number of para-hydroxylation sites is 1. The number of methoxy groups -OCH3 is 2. The first-order valence-corrected chi connectivity index (χ1v) is 10.4. The molecule has 0 unspecified atom stereocenters. The minimum Gasteiger partial charge on any atom is -0.493 e. The fourth-order valence-electron chi connectivity index (χ4n) is 2.82. The molecule has 3 aromatic carbocycles. The molecule has 0 heterocycles. The van der Waals surface area contributed by atoms with Crippen LogP contribution < -0.4 is 13.8 Å². The summed E-state index contributed by atoms with van der Waals surface area (Å²) in [5.74, 6) is 0.340. The van der Waals surface area contributed by atoms with E-state index in [0.717, 1.165) is 12.1 Å². The molecule has 0 amide bonds. The zero-order valence-corrected chi connectivity index (χ0v) is 17.4. The molecule has 0 saturated heterocycles. The molecule has 0 radical (unpaired) electrons. The maximum absolute atomic E-state index is 13.5. The molecule has 0 aliphatic carbocycles. The molecule has 0 bridgehead atoms. The van der Waals surface area contributed by atoms with E-state index in [-0.39, 0.29) is 16.5 Å². The van der Waals surface area contributed by atoms with Crippen LogP contribution in [0.25, 0.3) is 0 Å². The number of rotatable bonds is 7. The fraction of sp³-hybridized carbons (Fsp3) is 0.143. The van der Waals surface area contributed by atoms with E-state index in [0.29, 0.717) is 22.7 Å². The number of hydrogen-bond acceptors (Lipinski definition) is 4. The van der Waals surface area contributed by atoms with Crippen LogP contribution in [-0.4, -0.2) is 22.6 Å². The van der Waals surface area contributed by atoms with Crippen molar-refractivity contribution in [2.45, 2.75) is 11.4 Å². The lowest BCUT2D eigenvalue weighted by Gasteiger charge is -2.25. The molecule has 0 spiro atoms. The zero-order chi connectivity index (χ0) is 21.0. The van der Waals surface area contributed by atoms with Crippen molar-refractivity contribution in [2.24, 2.45) is 0 Å². The van der Waals surface area contributed by atoms with Gasteiger partial charge in [-0.25, -0.2) is 12.8 Å². The van der Waals surface area contributed by atoms with Gasteiger partial charge in [0.15, 0.2) is 11.5 Å². The van der Waals surface area contributed by atoms with E-state index in [1.54, 1.807) is 48.5 Å². The zero-order valence-electron chi connectivity index (χ0n) is 15.8. The Labute approximate surface area is 174 Å². The lowest BCUT2D eigenvalue weighted by Crippen LogP contribution is -2.30. The highest BCUT2D eigenvalue weighted by molar-refractivity contribution is 7.92. The molecule has 3 aromatic rings. The minimum absolute atomic E-state index is 0.0295. The topological polar surface area (TPSA) is 55.8 Å². The summed E-state index contributed by atoms with van der Waals surface area (Å²) >= 11 is 5.82. The number of benzene rings is 3. The maximum Gasteiger partial charge on any atom is 0.264 e. The van der Waals surface area contributed by atoms with Crippen LogP contribution in [0.1, 0.15) is 5.56 Å². The van der Waals surface area contributed by atoms with Gasteiger partial charge in [0, 0.05) is 0 Å². The van der Waals surface area contributed by atoms with Crippen LogP contribution in [0.15, 0.2) is 71.6 Å². The number of halogens is 2. The van der Waals surface area contributed by atoms with Gasteiger partial charge in [-0.05, 0) is 48.0 Å². The minimum atomic E-state index is -4.02. The Kier molecular flexibility index (Phi) is 6.30. The Morgan fingerprint density at radius 2 is 1.62 bits per heavy atom. The smallest absolute Gasteiger partial charge is 0.264 e. The summed E-state index contributed by atoms with van der Waals surface area (Å²) in [7, 11) is -0.985. The van der Waals surface area contributed by atoms with Crippen LogP contribution in [0, 0.1) is 5.82 Å². The van der Waals surface area contributed by atoms with Gasteiger partial charge < -0.3 is 9.47 Å². The molecule has 0 aromatic heterocycles. The van der Waals surface area contributed by atoms with Gasteiger partial charge in [0.1, 0.15) is 5.82 Å². The van der Waals surface area contributed by atoms with Gasteiger partial charge in [0.05, 0.1) is 36.4 Å². The Morgan fingerprint density at radius 1 is 0.931 bits per heavy atom. The summed E-state index contributed by atoms with van der Waals surface area (Å²) in [5, 5.41) is -0.259. The lowest BCUT2D eigenvalue weighted by molar-refractivity contribution is 0.354. The number of anilines is 1. The second-order valence-corrected chi connectivity index (χ2v) is 8.38. The molecular formula is C21H19ClFNO4S. The average Bonchev–Trinajstić information content (AvgIpc) is 2.74. The quantitative estimate of drug-likeness (QED) is 0.530. The van der Waals surface area contributed by atoms with Crippen molar-refractivity contribution in [3.05, 3.63) is 83.1 Å². The third-order valence-corrected chi connectivity index (χ3v) is 6.36. The van der Waals surface area contributed by atoms with E-state index < -0.39 is 15.8 Å². The van der Waals surface area contributed by atoms with Gasteiger partial charge in [-0.2, -0.15) is 0 Å². The van der Waals surface area contributed by atoms with Gasteiger partial charge >= 0.3 is 0 Å². The van der Waals surface area contributed by atoms with Crippen molar-refractivity contribution in [1.29, 1.82) is 0 Å². The van der Waals surface area contributed by atoms with Crippen molar-refractivity contribution in [1.82, 2.24) is 0 Å². The third kappa shape index (κ3) is 4.46. The second-order valence-electron chi connectivity index (χ2n) is 6.11. The predicted molar refractivity (Wildman–Crippen MR) is 111 cm³/mol. The number of ether oxygens (including phenoxy) is 2. The van der Waals surface area contributed by atoms with Crippen LogP contribution in [0.4, 0.5) is 10.1 Å².